The summed E-state index contributed by atoms with van der Waals surface area (Å²) in [6, 6.07) is 5.97. The molecule has 1 heterocycles. The van der Waals surface area contributed by atoms with E-state index in [0.29, 0.717) is 0 Å². The first-order valence-corrected chi connectivity index (χ1v) is 5.40. The monoisotopic (exact) mass is 272 g/mol. The zero-order chi connectivity index (χ0) is 14.7. The Kier molecular flexibility index (Phi) is 3.54. The van der Waals surface area contributed by atoms with Crippen molar-refractivity contribution < 1.29 is 13.6 Å². The highest BCUT2D eigenvalue weighted by atomic mass is 19.1. The molecule has 0 N–H and O–H groups in total. The molecule has 0 aliphatic carbocycles. The van der Waals surface area contributed by atoms with E-state index in [1.165, 1.54) is 0 Å². The molecular weight excluding hydrogens is 266 g/mol. The summed E-state index contributed by atoms with van der Waals surface area (Å²) in [4.78, 5) is 15.6. The van der Waals surface area contributed by atoms with Gasteiger partial charge in [-0.15, -0.1) is 0 Å². The van der Waals surface area contributed by atoms with Crippen LogP contribution in [0, 0.1) is 34.3 Å². The van der Waals surface area contributed by atoms with E-state index in [1.54, 1.807) is 12.1 Å². The van der Waals surface area contributed by atoms with Gasteiger partial charge in [-0.1, -0.05) is 0 Å². The standard InChI is InChI=1S/C13H6F2N4O/c14-8-1-2-10(15)9(3-8)13(20)6-19-7-18-11(4-16)12(19)5-17/h1-3,7H,6H2. The van der Waals surface area contributed by atoms with E-state index in [4.69, 9.17) is 10.5 Å². The lowest BCUT2D eigenvalue weighted by Crippen LogP contribution is -2.13. The Morgan fingerprint density at radius 2 is 2.05 bits per heavy atom. The van der Waals surface area contributed by atoms with Crippen LogP contribution in [0.1, 0.15) is 21.7 Å². The maximum absolute atomic E-state index is 13.4. The smallest absolute Gasteiger partial charge is 0.185 e. The molecule has 98 valence electrons. The van der Waals surface area contributed by atoms with Crippen molar-refractivity contribution in [3.05, 3.63) is 53.1 Å². The molecule has 1 aromatic carbocycles. The lowest BCUT2D eigenvalue weighted by atomic mass is 10.1. The normalized spacial score (nSPS) is 9.80. The second-order valence-corrected chi connectivity index (χ2v) is 3.84. The van der Waals surface area contributed by atoms with E-state index in [1.807, 2.05) is 0 Å². The lowest BCUT2D eigenvalue weighted by Gasteiger charge is -2.04. The number of halogens is 2. The van der Waals surface area contributed by atoms with Gasteiger partial charge in [-0.25, -0.2) is 13.8 Å². The number of nitriles is 2. The molecule has 0 saturated heterocycles. The first-order valence-electron chi connectivity index (χ1n) is 5.40. The number of Topliss-reactive ketones (excluding diaryl/α,β-unsaturated/α-hetero) is 1. The lowest BCUT2D eigenvalue weighted by molar-refractivity contribution is 0.0967. The summed E-state index contributed by atoms with van der Waals surface area (Å²) < 4.78 is 27.6. The summed E-state index contributed by atoms with van der Waals surface area (Å²) >= 11 is 0. The van der Waals surface area contributed by atoms with Gasteiger partial charge in [0, 0.05) is 0 Å². The largest absolute Gasteiger partial charge is 0.313 e. The van der Waals surface area contributed by atoms with Crippen molar-refractivity contribution in [3.8, 4) is 12.1 Å². The zero-order valence-electron chi connectivity index (χ0n) is 9.97. The first kappa shape index (κ1) is 13.4. The van der Waals surface area contributed by atoms with Crippen LogP contribution in [-0.4, -0.2) is 15.3 Å². The van der Waals surface area contributed by atoms with E-state index < -0.39 is 29.5 Å². The fraction of sp³-hybridized carbons (Fsp3) is 0.0769. The average molecular weight is 272 g/mol. The van der Waals surface area contributed by atoms with Crippen LogP contribution in [0.3, 0.4) is 0 Å². The number of hydrogen-bond donors (Lipinski definition) is 0. The highest BCUT2D eigenvalue weighted by molar-refractivity contribution is 5.96. The number of nitrogens with zero attached hydrogens (tertiary/aromatic N) is 4. The molecule has 0 saturated carbocycles. The summed E-state index contributed by atoms with van der Waals surface area (Å²) in [5, 5.41) is 17.6. The number of benzene rings is 1. The van der Waals surface area contributed by atoms with E-state index in [2.05, 4.69) is 4.98 Å². The quantitative estimate of drug-likeness (QED) is 0.797. The second kappa shape index (κ2) is 5.29. The highest BCUT2D eigenvalue weighted by Crippen LogP contribution is 2.13. The van der Waals surface area contributed by atoms with Crippen LogP contribution in [0.4, 0.5) is 8.78 Å². The molecule has 20 heavy (non-hydrogen) atoms. The van der Waals surface area contributed by atoms with E-state index in [0.717, 1.165) is 29.1 Å². The molecule has 1 aromatic heterocycles. The number of rotatable bonds is 3. The number of aromatic nitrogens is 2. The minimum absolute atomic E-state index is 0.0994. The topological polar surface area (TPSA) is 82.5 Å². The van der Waals surface area contributed by atoms with Gasteiger partial charge < -0.3 is 4.57 Å². The van der Waals surface area contributed by atoms with Gasteiger partial charge in [-0.3, -0.25) is 4.79 Å². The number of imidazole rings is 1. The van der Waals surface area contributed by atoms with Crippen molar-refractivity contribution in [1.29, 1.82) is 10.5 Å². The molecule has 0 bridgehead atoms. The third kappa shape index (κ3) is 2.38. The van der Waals surface area contributed by atoms with Crippen LogP contribution in [0.15, 0.2) is 24.5 Å². The summed E-state index contributed by atoms with van der Waals surface area (Å²) in [5.41, 5.74) is -0.640. The van der Waals surface area contributed by atoms with Crippen LogP contribution in [0.25, 0.3) is 0 Å². The fourth-order valence-corrected chi connectivity index (χ4v) is 1.65. The summed E-state index contributed by atoms with van der Waals surface area (Å²) in [7, 11) is 0. The Balaban J connectivity index is 2.34. The molecule has 0 atom stereocenters. The molecule has 0 aliphatic rings. The maximum Gasteiger partial charge on any atom is 0.185 e. The zero-order valence-corrected chi connectivity index (χ0v) is 9.97. The van der Waals surface area contributed by atoms with Gasteiger partial charge in [0.2, 0.25) is 0 Å². The van der Waals surface area contributed by atoms with Crippen LogP contribution in [-0.2, 0) is 6.54 Å². The van der Waals surface area contributed by atoms with Gasteiger partial charge in [0.25, 0.3) is 0 Å². The van der Waals surface area contributed by atoms with Crippen molar-refractivity contribution in [1.82, 2.24) is 9.55 Å². The van der Waals surface area contributed by atoms with Crippen molar-refractivity contribution in [3.63, 3.8) is 0 Å². The fourth-order valence-electron chi connectivity index (χ4n) is 1.65. The van der Waals surface area contributed by atoms with Gasteiger partial charge >= 0.3 is 0 Å². The predicted molar refractivity (Wildman–Crippen MR) is 62.3 cm³/mol. The van der Waals surface area contributed by atoms with E-state index in [9.17, 15) is 13.6 Å². The Hall–Kier alpha value is -3.06. The van der Waals surface area contributed by atoms with Gasteiger partial charge in [0.15, 0.2) is 17.2 Å². The third-order valence-corrected chi connectivity index (χ3v) is 2.59. The SMILES string of the molecule is N#Cc1ncn(CC(=O)c2cc(F)ccc2F)c1C#N. The Bertz CT molecular complexity index is 768. The molecule has 0 amide bonds. The number of ketones is 1. The van der Waals surface area contributed by atoms with E-state index in [-0.39, 0.29) is 11.4 Å². The number of hydrogen-bond acceptors (Lipinski definition) is 4. The second-order valence-electron chi connectivity index (χ2n) is 3.84. The number of carbonyl (C=O) groups excluding carboxylic acids is 1. The molecule has 2 rings (SSSR count). The van der Waals surface area contributed by atoms with E-state index >= 15 is 0 Å². The maximum atomic E-state index is 13.4. The Labute approximate surface area is 112 Å². The predicted octanol–water partition coefficient (Wildman–Crippen LogP) is 1.79. The van der Waals surface area contributed by atoms with Crippen molar-refractivity contribution >= 4 is 5.78 Å². The summed E-state index contributed by atoms with van der Waals surface area (Å²) in [6.07, 6.45) is 1.13. The molecule has 0 radical (unpaired) electrons. The molecule has 0 aliphatic heterocycles. The van der Waals surface area contributed by atoms with Gasteiger partial charge in [0.1, 0.15) is 23.8 Å². The van der Waals surface area contributed by atoms with Crippen molar-refractivity contribution in [2.45, 2.75) is 6.54 Å². The molecule has 0 spiro atoms. The molecule has 0 unspecified atom stereocenters. The summed E-state index contributed by atoms with van der Waals surface area (Å²) in [6.45, 7) is -0.405. The van der Waals surface area contributed by atoms with Gasteiger partial charge in [-0.2, -0.15) is 10.5 Å². The highest BCUT2D eigenvalue weighted by Gasteiger charge is 2.17. The Morgan fingerprint density at radius 3 is 2.70 bits per heavy atom. The van der Waals surface area contributed by atoms with Gasteiger partial charge in [-0.05, 0) is 18.2 Å². The van der Waals surface area contributed by atoms with Crippen LogP contribution in [0.5, 0.6) is 0 Å². The molecular formula is C13H6F2N4O. The third-order valence-electron chi connectivity index (χ3n) is 2.59. The van der Waals surface area contributed by atoms with Crippen LogP contribution < -0.4 is 0 Å². The molecule has 2 aromatic rings. The minimum atomic E-state index is -0.851. The minimum Gasteiger partial charge on any atom is -0.313 e. The molecule has 7 heteroatoms. The van der Waals surface area contributed by atoms with Crippen molar-refractivity contribution in [2.75, 3.05) is 0 Å². The molecule has 0 fully saturated rings. The van der Waals surface area contributed by atoms with Gasteiger partial charge in [0.05, 0.1) is 18.4 Å². The van der Waals surface area contributed by atoms with Crippen LogP contribution in [0.2, 0.25) is 0 Å². The first-order chi connectivity index (χ1) is 9.56. The van der Waals surface area contributed by atoms with Crippen molar-refractivity contribution in [2.24, 2.45) is 0 Å². The Morgan fingerprint density at radius 1 is 1.30 bits per heavy atom. The number of carbonyl (C=O) groups is 1. The summed E-state index contributed by atoms with van der Waals surface area (Å²) in [5.74, 6) is -2.31. The van der Waals surface area contributed by atoms with Crippen LogP contribution >= 0.6 is 0 Å². The average Bonchev–Trinajstić information content (AvgIpc) is 2.83. The molecule has 5 nitrogen and oxygen atoms in total.